The zero-order chi connectivity index (χ0) is 11.4. The summed E-state index contributed by atoms with van der Waals surface area (Å²) in [6.45, 7) is 6.93. The van der Waals surface area contributed by atoms with Gasteiger partial charge in [-0.2, -0.15) is 0 Å². The predicted octanol–water partition coefficient (Wildman–Crippen LogP) is 1.95. The van der Waals surface area contributed by atoms with Crippen molar-refractivity contribution in [1.82, 2.24) is 0 Å². The first-order valence-corrected chi connectivity index (χ1v) is 4.00. The first-order valence-electron chi connectivity index (χ1n) is 4.00. The van der Waals surface area contributed by atoms with Crippen molar-refractivity contribution in [1.29, 1.82) is 0 Å². The Kier molecular flexibility index (Phi) is 3.13. The van der Waals surface area contributed by atoms with Crippen molar-refractivity contribution in [3.8, 4) is 11.5 Å². The van der Waals surface area contributed by atoms with Gasteiger partial charge in [0.15, 0.2) is 0 Å². The number of benzene rings is 1. The molecule has 1 aromatic carbocycles. The Morgan fingerprint density at radius 1 is 1.33 bits per heavy atom. The standard InChI is InChI=1S/C10H9NO4/c1-11-9-7(14-2)4-6(10(12)13)5-8(9)15-3/h4-5H,2-3H3,(H,12,13). The molecule has 78 valence electrons. The van der Waals surface area contributed by atoms with Gasteiger partial charge >= 0.3 is 5.97 Å². The monoisotopic (exact) mass is 207 g/mol. The maximum absolute atomic E-state index is 10.7. The van der Waals surface area contributed by atoms with Crippen LogP contribution in [0, 0.1) is 6.57 Å². The number of methoxy groups -OCH3 is 2. The summed E-state index contributed by atoms with van der Waals surface area (Å²) in [5.74, 6) is -0.702. The van der Waals surface area contributed by atoms with E-state index in [1.807, 2.05) is 0 Å². The molecule has 0 unspecified atom stereocenters. The molecule has 1 aromatic rings. The van der Waals surface area contributed by atoms with Crippen LogP contribution in [0.5, 0.6) is 11.5 Å². The Hall–Kier alpha value is -2.22. The van der Waals surface area contributed by atoms with E-state index in [1.165, 1.54) is 26.4 Å². The van der Waals surface area contributed by atoms with Gasteiger partial charge in [-0.1, -0.05) is 0 Å². The fourth-order valence-corrected chi connectivity index (χ4v) is 1.13. The normalized spacial score (nSPS) is 9.13. The second kappa shape index (κ2) is 4.33. The summed E-state index contributed by atoms with van der Waals surface area (Å²) >= 11 is 0. The number of nitrogens with zero attached hydrogens (tertiary/aromatic N) is 1. The molecule has 0 saturated carbocycles. The molecular formula is C10H9NO4. The lowest BCUT2D eigenvalue weighted by Crippen LogP contribution is -1.98. The van der Waals surface area contributed by atoms with Gasteiger partial charge in [-0.15, -0.1) is 0 Å². The van der Waals surface area contributed by atoms with Crippen molar-refractivity contribution in [2.75, 3.05) is 14.2 Å². The number of carboxylic acid groups (broad SMARTS) is 1. The molecule has 0 atom stereocenters. The van der Waals surface area contributed by atoms with Crippen molar-refractivity contribution in [2.24, 2.45) is 0 Å². The van der Waals surface area contributed by atoms with Gasteiger partial charge in [0.1, 0.15) is 11.5 Å². The average molecular weight is 207 g/mol. The molecule has 0 spiro atoms. The molecule has 1 N–H and O–H groups in total. The highest BCUT2D eigenvalue weighted by Gasteiger charge is 2.15. The number of rotatable bonds is 3. The summed E-state index contributed by atoms with van der Waals surface area (Å²) in [6, 6.07) is 2.58. The number of carbonyl (C=O) groups is 1. The van der Waals surface area contributed by atoms with E-state index in [0.29, 0.717) is 0 Å². The summed E-state index contributed by atoms with van der Waals surface area (Å²) in [7, 11) is 2.74. The molecule has 15 heavy (non-hydrogen) atoms. The molecule has 0 amide bonds. The van der Waals surface area contributed by atoms with Gasteiger partial charge in [0, 0.05) is 0 Å². The Morgan fingerprint density at radius 2 is 1.80 bits per heavy atom. The number of hydrogen-bond donors (Lipinski definition) is 1. The van der Waals surface area contributed by atoms with E-state index in [-0.39, 0.29) is 22.7 Å². The summed E-state index contributed by atoms with van der Waals surface area (Å²) in [5, 5.41) is 8.80. The molecule has 5 heteroatoms. The number of aromatic carboxylic acids is 1. The molecule has 0 bridgehead atoms. The van der Waals surface area contributed by atoms with Gasteiger partial charge in [0.25, 0.3) is 5.69 Å². The van der Waals surface area contributed by atoms with Crippen LogP contribution in [0.2, 0.25) is 0 Å². The first kappa shape index (κ1) is 10.9. The molecular weight excluding hydrogens is 198 g/mol. The van der Waals surface area contributed by atoms with Crippen molar-refractivity contribution in [3.05, 3.63) is 29.1 Å². The predicted molar refractivity (Wildman–Crippen MR) is 52.8 cm³/mol. The van der Waals surface area contributed by atoms with Gasteiger partial charge in [-0.3, -0.25) is 0 Å². The largest absolute Gasteiger partial charge is 0.508 e. The SMILES string of the molecule is [C-]#[N+]c1c(OC)cc(C(=O)O)cc1OC. The molecule has 0 radical (unpaired) electrons. The van der Waals surface area contributed by atoms with E-state index in [1.54, 1.807) is 0 Å². The highest BCUT2D eigenvalue weighted by molar-refractivity contribution is 5.90. The fourth-order valence-electron chi connectivity index (χ4n) is 1.13. The van der Waals surface area contributed by atoms with Crippen molar-refractivity contribution < 1.29 is 19.4 Å². The maximum Gasteiger partial charge on any atom is 0.335 e. The van der Waals surface area contributed by atoms with Crippen LogP contribution < -0.4 is 9.47 Å². The highest BCUT2D eigenvalue weighted by Crippen LogP contribution is 2.38. The second-order valence-corrected chi connectivity index (χ2v) is 2.65. The summed E-state index contributed by atoms with van der Waals surface area (Å²) in [6.07, 6.45) is 0. The summed E-state index contributed by atoms with van der Waals surface area (Å²) < 4.78 is 9.82. The van der Waals surface area contributed by atoms with Crippen molar-refractivity contribution in [3.63, 3.8) is 0 Å². The molecule has 0 aliphatic rings. The molecule has 5 nitrogen and oxygen atoms in total. The number of hydrogen-bond acceptors (Lipinski definition) is 3. The van der Waals surface area contributed by atoms with E-state index in [2.05, 4.69) is 4.85 Å². The zero-order valence-electron chi connectivity index (χ0n) is 8.27. The Morgan fingerprint density at radius 3 is 2.07 bits per heavy atom. The van der Waals surface area contributed by atoms with Gasteiger partial charge in [-0.25, -0.2) is 9.64 Å². The van der Waals surface area contributed by atoms with Crippen LogP contribution in [0.25, 0.3) is 4.85 Å². The lowest BCUT2D eigenvalue weighted by Gasteiger charge is -2.08. The average Bonchev–Trinajstić information content (AvgIpc) is 2.26. The van der Waals surface area contributed by atoms with E-state index < -0.39 is 5.97 Å². The first-order chi connectivity index (χ1) is 7.13. The Balaban J connectivity index is 3.44. The van der Waals surface area contributed by atoms with Crippen molar-refractivity contribution in [2.45, 2.75) is 0 Å². The maximum atomic E-state index is 10.7. The van der Waals surface area contributed by atoms with Crippen LogP contribution in [-0.2, 0) is 0 Å². The molecule has 0 heterocycles. The van der Waals surface area contributed by atoms with Gasteiger partial charge in [0.2, 0.25) is 0 Å². The third kappa shape index (κ3) is 1.99. The highest BCUT2D eigenvalue weighted by atomic mass is 16.5. The lowest BCUT2D eigenvalue weighted by molar-refractivity contribution is 0.0696. The number of ether oxygens (including phenoxy) is 2. The molecule has 0 aliphatic carbocycles. The zero-order valence-corrected chi connectivity index (χ0v) is 8.27. The van der Waals surface area contributed by atoms with Crippen LogP contribution in [0.1, 0.15) is 10.4 Å². The van der Waals surface area contributed by atoms with Crippen LogP contribution in [0.4, 0.5) is 5.69 Å². The van der Waals surface area contributed by atoms with Crippen molar-refractivity contribution >= 4 is 11.7 Å². The fraction of sp³-hybridized carbons (Fsp3) is 0.200. The molecule has 0 aromatic heterocycles. The smallest absolute Gasteiger partial charge is 0.335 e. The third-order valence-electron chi connectivity index (χ3n) is 1.84. The molecule has 0 aliphatic heterocycles. The van der Waals surface area contributed by atoms with E-state index in [9.17, 15) is 4.79 Å². The minimum atomic E-state index is -1.09. The van der Waals surface area contributed by atoms with Crippen LogP contribution >= 0.6 is 0 Å². The van der Waals surface area contributed by atoms with Crippen LogP contribution in [0.3, 0.4) is 0 Å². The molecule has 0 fully saturated rings. The molecule has 0 saturated heterocycles. The summed E-state index contributed by atoms with van der Waals surface area (Å²) in [4.78, 5) is 14.0. The van der Waals surface area contributed by atoms with E-state index in [4.69, 9.17) is 21.2 Å². The Bertz CT molecular complexity index is 409. The number of carboxylic acids is 1. The van der Waals surface area contributed by atoms with Gasteiger partial charge in [0.05, 0.1) is 26.4 Å². The van der Waals surface area contributed by atoms with E-state index >= 15 is 0 Å². The van der Waals surface area contributed by atoms with Crippen LogP contribution in [-0.4, -0.2) is 25.3 Å². The lowest BCUT2D eigenvalue weighted by atomic mass is 10.1. The summed E-state index contributed by atoms with van der Waals surface area (Å²) in [5.41, 5.74) is 0.195. The van der Waals surface area contributed by atoms with Gasteiger partial charge < -0.3 is 14.6 Å². The minimum Gasteiger partial charge on any atom is -0.508 e. The minimum absolute atomic E-state index is 0.0242. The third-order valence-corrected chi connectivity index (χ3v) is 1.84. The topological polar surface area (TPSA) is 60.1 Å². The van der Waals surface area contributed by atoms with E-state index in [0.717, 1.165) is 0 Å². The Labute approximate surface area is 86.7 Å². The van der Waals surface area contributed by atoms with Gasteiger partial charge in [-0.05, 0) is 12.1 Å². The molecule has 1 rings (SSSR count). The quantitative estimate of drug-likeness (QED) is 0.769. The van der Waals surface area contributed by atoms with Crippen LogP contribution in [0.15, 0.2) is 12.1 Å². The second-order valence-electron chi connectivity index (χ2n) is 2.65.